The molecule has 0 aromatic rings. The van der Waals surface area contributed by atoms with Crippen LogP contribution in [-0.4, -0.2) is 61.9 Å². The first-order valence-electron chi connectivity index (χ1n) is 7.32. The van der Waals surface area contributed by atoms with Crippen molar-refractivity contribution in [3.63, 3.8) is 0 Å². The van der Waals surface area contributed by atoms with E-state index in [1.165, 1.54) is 10.6 Å². The van der Waals surface area contributed by atoms with Gasteiger partial charge in [-0.2, -0.15) is 0 Å². The molecular weight excluding hydrogens is 294 g/mol. The van der Waals surface area contributed by atoms with Crippen LogP contribution in [0.3, 0.4) is 0 Å². The first-order valence-corrected chi connectivity index (χ1v) is 9.17. The summed E-state index contributed by atoms with van der Waals surface area (Å²) in [5.41, 5.74) is 5.28. The number of carbonyl (C=O) groups is 2. The van der Waals surface area contributed by atoms with Gasteiger partial charge in [0.25, 0.3) is 0 Å². The van der Waals surface area contributed by atoms with Crippen LogP contribution in [0.15, 0.2) is 0 Å². The largest absolute Gasteiger partial charge is 0.369 e. The Hall–Kier alpha value is -1.15. The molecule has 0 spiro atoms. The summed E-state index contributed by atoms with van der Waals surface area (Å²) < 4.78 is 24.6. The minimum absolute atomic E-state index is 0.00581. The third-order valence-corrected chi connectivity index (χ3v) is 5.68. The number of hydrogen-bond donors (Lipinski definition) is 1. The zero-order valence-corrected chi connectivity index (χ0v) is 13.1. The number of hydrogen-bond acceptors (Lipinski definition) is 4. The smallest absolute Gasteiger partial charge is 0.227 e. The molecule has 8 heteroatoms. The molecular formula is C13H23N3O4S. The van der Waals surface area contributed by atoms with Crippen LogP contribution in [0.4, 0.5) is 0 Å². The van der Waals surface area contributed by atoms with Gasteiger partial charge in [-0.05, 0) is 25.7 Å². The monoisotopic (exact) mass is 317 g/mol. The van der Waals surface area contributed by atoms with Crippen LogP contribution >= 0.6 is 0 Å². The Morgan fingerprint density at radius 2 is 1.67 bits per heavy atom. The second kappa shape index (κ2) is 6.31. The zero-order chi connectivity index (χ0) is 15.6. The van der Waals surface area contributed by atoms with Gasteiger partial charge in [0, 0.05) is 32.1 Å². The number of likely N-dealkylation sites (tertiary alicyclic amines) is 1. The van der Waals surface area contributed by atoms with Crippen molar-refractivity contribution in [3.05, 3.63) is 0 Å². The van der Waals surface area contributed by atoms with Crippen molar-refractivity contribution in [2.45, 2.75) is 25.7 Å². The lowest BCUT2D eigenvalue weighted by atomic mass is 9.93. The molecule has 0 saturated carbocycles. The van der Waals surface area contributed by atoms with Crippen molar-refractivity contribution in [2.24, 2.45) is 17.6 Å². The molecule has 2 saturated heterocycles. The molecule has 0 aromatic heterocycles. The van der Waals surface area contributed by atoms with E-state index in [1.54, 1.807) is 4.90 Å². The Balaban J connectivity index is 1.93. The molecule has 2 aliphatic heterocycles. The molecule has 0 aliphatic carbocycles. The fraction of sp³-hybridized carbons (Fsp3) is 0.846. The summed E-state index contributed by atoms with van der Waals surface area (Å²) in [5.74, 6) is -0.708. The highest BCUT2D eigenvalue weighted by Gasteiger charge is 2.34. The van der Waals surface area contributed by atoms with Gasteiger partial charge in [0.15, 0.2) is 0 Å². The van der Waals surface area contributed by atoms with Crippen molar-refractivity contribution >= 4 is 21.8 Å². The summed E-state index contributed by atoms with van der Waals surface area (Å²) in [7, 11) is -3.24. The Morgan fingerprint density at radius 1 is 1.05 bits per heavy atom. The van der Waals surface area contributed by atoms with Crippen LogP contribution in [-0.2, 0) is 19.6 Å². The van der Waals surface area contributed by atoms with Crippen molar-refractivity contribution in [1.29, 1.82) is 0 Å². The van der Waals surface area contributed by atoms with Crippen LogP contribution in [0.25, 0.3) is 0 Å². The standard InChI is InChI=1S/C13H23N3O4S/c1-21(19,20)16-6-2-3-11(9-16)13(18)15-7-4-10(5-8-15)12(14)17/h10-11H,2-9H2,1H3,(H2,14,17)/t11-/m1/s1. The average molecular weight is 317 g/mol. The molecule has 0 unspecified atom stereocenters. The van der Waals surface area contributed by atoms with E-state index < -0.39 is 10.0 Å². The van der Waals surface area contributed by atoms with E-state index >= 15 is 0 Å². The number of primary amides is 1. The first kappa shape index (κ1) is 16.2. The molecule has 0 bridgehead atoms. The minimum Gasteiger partial charge on any atom is -0.369 e. The van der Waals surface area contributed by atoms with Crippen LogP contribution in [0, 0.1) is 11.8 Å². The third kappa shape index (κ3) is 3.94. The quantitative estimate of drug-likeness (QED) is 0.749. The van der Waals surface area contributed by atoms with Crippen molar-refractivity contribution in [3.8, 4) is 0 Å². The Kier molecular flexibility index (Phi) is 4.88. The maximum Gasteiger partial charge on any atom is 0.227 e. The first-order chi connectivity index (χ1) is 9.79. The highest BCUT2D eigenvalue weighted by molar-refractivity contribution is 7.88. The predicted octanol–water partition coefficient (Wildman–Crippen LogP) is -0.618. The Morgan fingerprint density at radius 3 is 2.19 bits per heavy atom. The molecule has 2 N–H and O–H groups in total. The molecule has 1 atom stereocenters. The third-order valence-electron chi connectivity index (χ3n) is 4.41. The van der Waals surface area contributed by atoms with Gasteiger partial charge in [-0.25, -0.2) is 12.7 Å². The van der Waals surface area contributed by atoms with E-state index in [4.69, 9.17) is 5.73 Å². The van der Waals surface area contributed by atoms with Crippen LogP contribution in [0.2, 0.25) is 0 Å². The summed E-state index contributed by atoms with van der Waals surface area (Å²) >= 11 is 0. The number of rotatable bonds is 3. The fourth-order valence-corrected chi connectivity index (χ4v) is 4.00. The number of piperidine rings is 2. The van der Waals surface area contributed by atoms with Gasteiger partial charge in [0.2, 0.25) is 21.8 Å². The molecule has 2 heterocycles. The molecule has 2 amide bonds. The lowest BCUT2D eigenvalue weighted by Crippen LogP contribution is -2.49. The molecule has 0 aromatic carbocycles. The zero-order valence-electron chi connectivity index (χ0n) is 12.3. The van der Waals surface area contributed by atoms with Gasteiger partial charge < -0.3 is 10.6 Å². The van der Waals surface area contributed by atoms with Crippen molar-refractivity contribution < 1.29 is 18.0 Å². The van der Waals surface area contributed by atoms with Gasteiger partial charge in [-0.1, -0.05) is 0 Å². The van der Waals surface area contributed by atoms with E-state index in [1.807, 2.05) is 0 Å². The van der Waals surface area contributed by atoms with Gasteiger partial charge in [-0.15, -0.1) is 0 Å². The highest BCUT2D eigenvalue weighted by Crippen LogP contribution is 2.24. The summed E-state index contributed by atoms with van der Waals surface area (Å²) in [6, 6.07) is 0. The molecule has 0 radical (unpaired) electrons. The highest BCUT2D eigenvalue weighted by atomic mass is 32.2. The maximum absolute atomic E-state index is 12.5. The van der Waals surface area contributed by atoms with E-state index in [9.17, 15) is 18.0 Å². The van der Waals surface area contributed by atoms with E-state index in [-0.39, 0.29) is 30.2 Å². The average Bonchev–Trinajstić information content (AvgIpc) is 2.46. The topological polar surface area (TPSA) is 101 Å². The molecule has 7 nitrogen and oxygen atoms in total. The summed E-state index contributed by atoms with van der Waals surface area (Å²) in [5, 5.41) is 0. The van der Waals surface area contributed by atoms with Gasteiger partial charge in [0.05, 0.1) is 12.2 Å². The van der Waals surface area contributed by atoms with Crippen molar-refractivity contribution in [2.75, 3.05) is 32.4 Å². The van der Waals surface area contributed by atoms with Crippen molar-refractivity contribution in [1.82, 2.24) is 9.21 Å². The number of sulfonamides is 1. The number of nitrogens with two attached hydrogens (primary N) is 1. The molecule has 2 aliphatic rings. The molecule has 120 valence electrons. The fourth-order valence-electron chi connectivity index (χ4n) is 3.09. The van der Waals surface area contributed by atoms with Gasteiger partial charge >= 0.3 is 0 Å². The molecule has 21 heavy (non-hydrogen) atoms. The minimum atomic E-state index is -3.24. The van der Waals surface area contributed by atoms with Gasteiger partial charge in [-0.3, -0.25) is 9.59 Å². The van der Waals surface area contributed by atoms with Crippen LogP contribution < -0.4 is 5.73 Å². The number of nitrogens with zero attached hydrogens (tertiary/aromatic N) is 2. The predicted molar refractivity (Wildman–Crippen MR) is 77.6 cm³/mol. The normalized spacial score (nSPS) is 25.8. The Labute approximate surface area is 125 Å². The van der Waals surface area contributed by atoms with E-state index in [2.05, 4.69) is 0 Å². The number of amides is 2. The van der Waals surface area contributed by atoms with Crippen LogP contribution in [0.1, 0.15) is 25.7 Å². The number of carbonyl (C=O) groups excluding carboxylic acids is 2. The second-order valence-electron chi connectivity index (χ2n) is 5.96. The summed E-state index contributed by atoms with van der Waals surface area (Å²) in [4.78, 5) is 25.4. The summed E-state index contributed by atoms with van der Waals surface area (Å²) in [6.07, 6.45) is 3.81. The second-order valence-corrected chi connectivity index (χ2v) is 7.94. The SMILES string of the molecule is CS(=O)(=O)N1CCC[C@@H](C(=O)N2CCC(C(N)=O)CC2)C1. The van der Waals surface area contributed by atoms with Gasteiger partial charge in [0.1, 0.15) is 0 Å². The van der Waals surface area contributed by atoms with Crippen LogP contribution in [0.5, 0.6) is 0 Å². The van der Waals surface area contributed by atoms with E-state index in [0.29, 0.717) is 38.9 Å². The lowest BCUT2D eigenvalue weighted by Gasteiger charge is -2.36. The van der Waals surface area contributed by atoms with E-state index in [0.717, 1.165) is 6.42 Å². The lowest BCUT2D eigenvalue weighted by molar-refractivity contribution is -0.139. The molecule has 2 fully saturated rings. The maximum atomic E-state index is 12.5. The Bertz CT molecular complexity index is 512. The molecule has 2 rings (SSSR count). The summed E-state index contributed by atoms with van der Waals surface area (Å²) in [6.45, 7) is 1.82.